The highest BCUT2D eigenvalue weighted by molar-refractivity contribution is 5.99. The number of likely N-dealkylation sites (tertiary alicyclic amines) is 1. The van der Waals surface area contributed by atoms with Gasteiger partial charge in [0.1, 0.15) is 23.3 Å². The molecule has 0 aromatic carbocycles. The van der Waals surface area contributed by atoms with E-state index in [0.717, 1.165) is 62.4 Å². The molecule has 2 amide bonds. The van der Waals surface area contributed by atoms with E-state index in [1.807, 2.05) is 0 Å². The van der Waals surface area contributed by atoms with Crippen LogP contribution in [0.15, 0.2) is 5.70 Å². The number of hydrogen-bond acceptors (Lipinski definition) is 7. The van der Waals surface area contributed by atoms with Gasteiger partial charge in [0.2, 0.25) is 11.8 Å². The molecule has 2 N–H and O–H groups in total. The summed E-state index contributed by atoms with van der Waals surface area (Å²) in [5.41, 5.74) is 4.51. The first kappa shape index (κ1) is 24.6. The van der Waals surface area contributed by atoms with Crippen LogP contribution < -0.4 is 15.6 Å². The smallest absolute Gasteiger partial charge is 0.246 e. The lowest BCUT2D eigenvalue weighted by Crippen LogP contribution is -2.71. The monoisotopic (exact) mass is 491 g/mol. The van der Waals surface area contributed by atoms with Crippen LogP contribution in [-0.2, 0) is 22.4 Å². The Kier molecular flexibility index (Phi) is 5.98. The number of nitriles is 1. The molecule has 4 aliphatic rings. The number of carbonyl (C=O) groups is 2. The van der Waals surface area contributed by atoms with Crippen LogP contribution in [0.4, 0.5) is 5.82 Å². The first-order valence-electron chi connectivity index (χ1n) is 13.0. The number of anilines is 1. The first-order chi connectivity index (χ1) is 17.0. The summed E-state index contributed by atoms with van der Waals surface area (Å²) in [6.07, 6.45) is 6.40. The third-order valence-electron chi connectivity index (χ3n) is 7.98. The molecule has 0 saturated carbocycles. The molecule has 9 heteroatoms. The number of hydrogen-bond donors (Lipinski definition) is 2. The SMILES string of the molecule is CC1NC(=O)C2(CCN(CC3=Cc4c(nc(C#N)c5c4CCC5)N(CC(C)(C)C)N3C)CC2)NC1=O. The molecular formula is C27H37N7O2. The normalized spacial score (nSPS) is 23.6. The van der Waals surface area contributed by atoms with Gasteiger partial charge < -0.3 is 10.6 Å². The number of piperidine rings is 1. The minimum absolute atomic E-state index is 0.0304. The second-order valence-electron chi connectivity index (χ2n) is 11.9. The predicted molar refractivity (Wildman–Crippen MR) is 138 cm³/mol. The molecule has 5 rings (SSSR count). The molecule has 9 nitrogen and oxygen atoms in total. The van der Waals surface area contributed by atoms with Gasteiger partial charge in [-0.2, -0.15) is 5.26 Å². The average Bonchev–Trinajstić information content (AvgIpc) is 3.31. The fourth-order valence-electron chi connectivity index (χ4n) is 5.92. The van der Waals surface area contributed by atoms with Crippen molar-refractivity contribution in [3.8, 4) is 6.07 Å². The molecule has 1 aliphatic carbocycles. The highest BCUT2D eigenvalue weighted by Gasteiger charge is 2.47. The van der Waals surface area contributed by atoms with Crippen molar-refractivity contribution in [3.05, 3.63) is 28.1 Å². The van der Waals surface area contributed by atoms with E-state index in [-0.39, 0.29) is 17.2 Å². The van der Waals surface area contributed by atoms with Gasteiger partial charge >= 0.3 is 0 Å². The van der Waals surface area contributed by atoms with E-state index >= 15 is 0 Å². The molecule has 1 unspecified atom stereocenters. The van der Waals surface area contributed by atoms with Crippen LogP contribution in [-0.4, -0.2) is 71.5 Å². The number of nitrogens with one attached hydrogen (secondary N) is 2. The van der Waals surface area contributed by atoms with Crippen LogP contribution in [0.2, 0.25) is 0 Å². The molecule has 2 saturated heterocycles. The summed E-state index contributed by atoms with van der Waals surface area (Å²) < 4.78 is 0. The van der Waals surface area contributed by atoms with E-state index in [1.54, 1.807) is 6.92 Å². The van der Waals surface area contributed by atoms with E-state index in [1.165, 1.54) is 11.3 Å². The maximum atomic E-state index is 12.7. The van der Waals surface area contributed by atoms with Crippen molar-refractivity contribution in [3.63, 3.8) is 0 Å². The van der Waals surface area contributed by atoms with Gasteiger partial charge in [-0.15, -0.1) is 0 Å². The highest BCUT2D eigenvalue weighted by Crippen LogP contribution is 2.40. The number of nitrogens with zero attached hydrogens (tertiary/aromatic N) is 5. The largest absolute Gasteiger partial charge is 0.343 e. The van der Waals surface area contributed by atoms with Crippen molar-refractivity contribution in [2.75, 3.05) is 38.2 Å². The lowest BCUT2D eigenvalue weighted by molar-refractivity contribution is -0.143. The van der Waals surface area contributed by atoms with Crippen LogP contribution in [0.5, 0.6) is 0 Å². The highest BCUT2D eigenvalue weighted by atomic mass is 16.2. The summed E-state index contributed by atoms with van der Waals surface area (Å²) in [6, 6.07) is 1.86. The predicted octanol–water partition coefficient (Wildman–Crippen LogP) is 1.96. The number of carbonyl (C=O) groups excluding carboxylic acids is 2. The summed E-state index contributed by atoms with van der Waals surface area (Å²) in [4.78, 5) is 32.2. The lowest BCUT2D eigenvalue weighted by Gasteiger charge is -2.47. The topological polar surface area (TPSA) is 105 Å². The van der Waals surface area contributed by atoms with Crippen LogP contribution in [0.1, 0.15) is 69.3 Å². The zero-order valence-corrected chi connectivity index (χ0v) is 22.1. The molecule has 3 aliphatic heterocycles. The quantitative estimate of drug-likeness (QED) is 0.666. The zero-order chi connectivity index (χ0) is 25.8. The van der Waals surface area contributed by atoms with E-state index in [4.69, 9.17) is 4.98 Å². The molecular weight excluding hydrogens is 454 g/mol. The second kappa shape index (κ2) is 8.77. The molecule has 192 valence electrons. The fraction of sp³-hybridized carbons (Fsp3) is 0.630. The Morgan fingerprint density at radius 1 is 1.19 bits per heavy atom. The van der Waals surface area contributed by atoms with Gasteiger partial charge in [-0.05, 0) is 61.6 Å². The van der Waals surface area contributed by atoms with Gasteiger partial charge in [-0.3, -0.25) is 24.5 Å². The lowest BCUT2D eigenvalue weighted by atomic mass is 9.84. The van der Waals surface area contributed by atoms with E-state index < -0.39 is 11.6 Å². The molecule has 4 heterocycles. The standard InChI is InChI=1S/C27H37N7O2/c1-17-24(35)31-27(25(36)29-17)9-11-33(12-10-27)15-18-13-21-19-7-6-8-20(19)22(14-28)30-23(21)34(32(18)5)16-26(2,3)4/h13,17H,6-12,15-16H2,1-5H3,(H,29,36)(H,31,35). The zero-order valence-electron chi connectivity index (χ0n) is 22.1. The Labute approximate surface area is 213 Å². The third kappa shape index (κ3) is 4.21. The molecule has 1 spiro atoms. The number of aromatic nitrogens is 1. The maximum Gasteiger partial charge on any atom is 0.246 e. The van der Waals surface area contributed by atoms with Crippen LogP contribution >= 0.6 is 0 Å². The van der Waals surface area contributed by atoms with Gasteiger partial charge in [0.15, 0.2) is 5.82 Å². The Balaban J connectivity index is 1.42. The van der Waals surface area contributed by atoms with Crippen molar-refractivity contribution >= 4 is 23.7 Å². The number of rotatable bonds is 3. The van der Waals surface area contributed by atoms with Crippen molar-refractivity contribution in [2.24, 2.45) is 5.41 Å². The van der Waals surface area contributed by atoms with Crippen LogP contribution in [0.3, 0.4) is 0 Å². The van der Waals surface area contributed by atoms with Crippen molar-refractivity contribution < 1.29 is 9.59 Å². The number of amides is 2. The van der Waals surface area contributed by atoms with E-state index in [2.05, 4.69) is 65.5 Å². The minimum atomic E-state index is -0.795. The Hall–Kier alpha value is -3.12. The third-order valence-corrected chi connectivity index (χ3v) is 7.98. The van der Waals surface area contributed by atoms with Gasteiger partial charge in [-0.1, -0.05) is 20.8 Å². The minimum Gasteiger partial charge on any atom is -0.343 e. The maximum absolute atomic E-state index is 12.7. The molecule has 0 radical (unpaired) electrons. The summed E-state index contributed by atoms with van der Waals surface area (Å²) in [5.74, 6) is 0.704. The molecule has 36 heavy (non-hydrogen) atoms. The molecule has 0 bridgehead atoms. The summed E-state index contributed by atoms with van der Waals surface area (Å²) in [5, 5.41) is 20.0. The van der Waals surface area contributed by atoms with Crippen molar-refractivity contribution in [1.82, 2.24) is 25.5 Å². The van der Waals surface area contributed by atoms with Gasteiger partial charge in [-0.25, -0.2) is 4.98 Å². The van der Waals surface area contributed by atoms with Crippen LogP contribution in [0.25, 0.3) is 6.08 Å². The number of piperazine rings is 1. The number of fused-ring (bicyclic) bond motifs is 3. The van der Waals surface area contributed by atoms with Crippen molar-refractivity contribution in [2.45, 2.75) is 71.4 Å². The van der Waals surface area contributed by atoms with Gasteiger partial charge in [0.05, 0.1) is 0 Å². The van der Waals surface area contributed by atoms with E-state index in [0.29, 0.717) is 18.5 Å². The van der Waals surface area contributed by atoms with Gasteiger partial charge in [0.25, 0.3) is 0 Å². The number of hydrazine groups is 1. The Morgan fingerprint density at radius 2 is 1.89 bits per heavy atom. The van der Waals surface area contributed by atoms with Crippen molar-refractivity contribution in [1.29, 1.82) is 5.26 Å². The number of pyridine rings is 1. The second-order valence-corrected chi connectivity index (χ2v) is 11.9. The molecule has 1 aromatic rings. The summed E-state index contributed by atoms with van der Waals surface area (Å²) in [7, 11) is 2.07. The summed E-state index contributed by atoms with van der Waals surface area (Å²) >= 11 is 0. The van der Waals surface area contributed by atoms with Gasteiger partial charge in [0, 0.05) is 44.5 Å². The first-order valence-corrected chi connectivity index (χ1v) is 13.0. The summed E-state index contributed by atoms with van der Waals surface area (Å²) in [6.45, 7) is 11.3. The molecule has 1 aromatic heterocycles. The Bertz CT molecular complexity index is 1170. The Morgan fingerprint density at radius 3 is 2.56 bits per heavy atom. The number of likely N-dealkylation sites (N-methyl/N-ethyl adjacent to an activating group) is 1. The fourth-order valence-corrected chi connectivity index (χ4v) is 5.92. The molecule has 1 atom stereocenters. The molecule has 2 fully saturated rings. The van der Waals surface area contributed by atoms with Crippen LogP contribution in [0, 0.1) is 16.7 Å². The average molecular weight is 492 g/mol. The van der Waals surface area contributed by atoms with E-state index in [9.17, 15) is 14.9 Å².